The molecule has 35 heavy (non-hydrogen) atoms. The van der Waals surface area contributed by atoms with E-state index in [-0.39, 0.29) is 18.7 Å². The minimum atomic E-state index is -0.910. The van der Waals surface area contributed by atoms with Gasteiger partial charge in [0.25, 0.3) is 11.8 Å². The number of hydrogen-bond donors (Lipinski definition) is 1. The lowest BCUT2D eigenvalue weighted by Crippen LogP contribution is -2.54. The van der Waals surface area contributed by atoms with Crippen molar-refractivity contribution in [2.24, 2.45) is 5.92 Å². The molecule has 0 bridgehead atoms. The van der Waals surface area contributed by atoms with Crippen molar-refractivity contribution in [1.82, 2.24) is 15.1 Å². The van der Waals surface area contributed by atoms with Gasteiger partial charge in [-0.1, -0.05) is 25.3 Å². The normalized spacial score (nSPS) is 24.2. The monoisotopic (exact) mass is 483 g/mol. The third-order valence-electron chi connectivity index (χ3n) is 7.78. The van der Waals surface area contributed by atoms with Gasteiger partial charge in [-0.15, -0.1) is 0 Å². The Bertz CT molecular complexity index is 961. The van der Waals surface area contributed by atoms with Crippen LogP contribution in [-0.2, 0) is 14.3 Å². The van der Waals surface area contributed by atoms with Gasteiger partial charge in [0.05, 0.1) is 11.1 Å². The summed E-state index contributed by atoms with van der Waals surface area (Å²) in [5.41, 5.74) is 1.79. The number of rotatable bonds is 4. The molecule has 1 N–H and O–H groups in total. The molecular weight excluding hydrogens is 446 g/mol. The highest BCUT2D eigenvalue weighted by atomic mass is 16.5. The Morgan fingerprint density at radius 3 is 2.26 bits per heavy atom. The second-order valence-electron chi connectivity index (χ2n) is 10.3. The minimum Gasteiger partial charge on any atom is -0.384 e. The van der Waals surface area contributed by atoms with Gasteiger partial charge in [-0.25, -0.2) is 0 Å². The van der Waals surface area contributed by atoms with Gasteiger partial charge in [-0.05, 0) is 81.8 Å². The van der Waals surface area contributed by atoms with Crippen molar-refractivity contribution in [2.45, 2.75) is 69.7 Å². The number of benzene rings is 1. The number of nitrogens with zero attached hydrogens (tertiary/aromatic N) is 2. The first kappa shape index (κ1) is 25.5. The number of amides is 4. The van der Waals surface area contributed by atoms with Crippen LogP contribution in [-0.4, -0.2) is 73.3 Å². The topological polar surface area (TPSA) is 96.0 Å². The molecule has 3 heterocycles. The highest BCUT2D eigenvalue weighted by Crippen LogP contribution is 2.33. The molecule has 4 aliphatic rings. The molecule has 1 aromatic carbocycles. The second-order valence-corrected chi connectivity index (χ2v) is 10.3. The number of piperidine rings is 2. The van der Waals surface area contributed by atoms with Crippen LogP contribution in [0.2, 0.25) is 0 Å². The fourth-order valence-electron chi connectivity index (χ4n) is 5.67. The zero-order valence-corrected chi connectivity index (χ0v) is 20.9. The number of hydrogen-bond acceptors (Lipinski definition) is 6. The number of imide groups is 2. The lowest BCUT2D eigenvalue weighted by molar-refractivity contribution is -0.136. The molecule has 1 aliphatic carbocycles. The molecule has 1 atom stereocenters. The van der Waals surface area contributed by atoms with E-state index in [9.17, 15) is 19.2 Å². The maximum Gasteiger partial charge on any atom is 0.262 e. The summed E-state index contributed by atoms with van der Waals surface area (Å²) in [5, 5.41) is 2.21. The van der Waals surface area contributed by atoms with Crippen molar-refractivity contribution < 1.29 is 23.9 Å². The molecule has 3 aliphatic heterocycles. The highest BCUT2D eigenvalue weighted by Gasteiger charge is 2.44. The summed E-state index contributed by atoms with van der Waals surface area (Å²) in [6.45, 7) is 3.01. The maximum absolute atomic E-state index is 12.9. The molecule has 8 heteroatoms. The fourth-order valence-corrected chi connectivity index (χ4v) is 5.67. The van der Waals surface area contributed by atoms with Gasteiger partial charge in [-0.2, -0.15) is 0 Å². The Hall–Kier alpha value is -2.58. The van der Waals surface area contributed by atoms with Crippen molar-refractivity contribution in [3.05, 3.63) is 34.9 Å². The summed E-state index contributed by atoms with van der Waals surface area (Å²) < 4.78 is 5.08. The Labute approximate surface area is 207 Å². The number of carbonyl (C=O) groups excluding carboxylic acids is 4. The summed E-state index contributed by atoms with van der Waals surface area (Å²) in [6, 6.07) is 4.53. The third-order valence-corrected chi connectivity index (χ3v) is 7.78. The molecule has 2 saturated heterocycles. The van der Waals surface area contributed by atoms with Gasteiger partial charge >= 0.3 is 0 Å². The van der Waals surface area contributed by atoms with Crippen LogP contribution in [0, 0.1) is 5.92 Å². The fraction of sp³-hybridized carbons (Fsp3) is 0.630. The molecule has 5 rings (SSSR count). The number of carbonyl (C=O) groups is 4. The minimum absolute atomic E-state index is 0.130. The summed E-state index contributed by atoms with van der Waals surface area (Å²) in [6.07, 6.45) is 9.44. The van der Waals surface area contributed by atoms with Gasteiger partial charge in [-0.3, -0.25) is 29.4 Å². The average Bonchev–Trinajstić information content (AvgIpc) is 3.10. The van der Waals surface area contributed by atoms with Gasteiger partial charge in [0.2, 0.25) is 11.8 Å². The van der Waals surface area contributed by atoms with Crippen LogP contribution in [0.4, 0.5) is 0 Å². The van der Waals surface area contributed by atoms with Crippen LogP contribution < -0.4 is 5.32 Å². The van der Waals surface area contributed by atoms with Gasteiger partial charge in [0.1, 0.15) is 6.04 Å². The van der Waals surface area contributed by atoms with Gasteiger partial charge in [0.15, 0.2) is 0 Å². The number of likely N-dealkylation sites (tertiary alicyclic amines) is 1. The van der Waals surface area contributed by atoms with E-state index in [2.05, 4.69) is 17.3 Å². The largest absolute Gasteiger partial charge is 0.384 e. The summed E-state index contributed by atoms with van der Waals surface area (Å²) in [4.78, 5) is 52.3. The molecule has 0 radical (unpaired) electrons. The van der Waals surface area contributed by atoms with Crippen LogP contribution in [0.3, 0.4) is 0 Å². The van der Waals surface area contributed by atoms with E-state index < -0.39 is 23.8 Å². The van der Waals surface area contributed by atoms with Crippen molar-refractivity contribution >= 4 is 23.6 Å². The zero-order chi connectivity index (χ0) is 24.9. The highest BCUT2D eigenvalue weighted by molar-refractivity contribution is 6.23. The van der Waals surface area contributed by atoms with E-state index in [4.69, 9.17) is 4.74 Å². The Balaban J connectivity index is 0.000000271. The molecule has 1 unspecified atom stereocenters. The lowest BCUT2D eigenvalue weighted by atomic mass is 9.88. The Morgan fingerprint density at radius 1 is 0.914 bits per heavy atom. The van der Waals surface area contributed by atoms with Crippen molar-refractivity contribution in [3.8, 4) is 0 Å². The Kier molecular flexibility index (Phi) is 8.34. The molecule has 4 amide bonds. The van der Waals surface area contributed by atoms with Crippen molar-refractivity contribution in [2.75, 3.05) is 33.9 Å². The number of ether oxygens (including phenoxy) is 1. The van der Waals surface area contributed by atoms with E-state index in [1.807, 2.05) is 12.1 Å². The molecule has 8 nitrogen and oxygen atoms in total. The number of fused-ring (bicyclic) bond motifs is 1. The molecule has 3 fully saturated rings. The van der Waals surface area contributed by atoms with Crippen LogP contribution in [0.1, 0.15) is 90.0 Å². The van der Waals surface area contributed by atoms with E-state index in [0.29, 0.717) is 17.0 Å². The quantitative estimate of drug-likeness (QED) is 0.661. The van der Waals surface area contributed by atoms with Crippen LogP contribution in [0.15, 0.2) is 18.2 Å². The van der Waals surface area contributed by atoms with Crippen molar-refractivity contribution in [1.29, 1.82) is 0 Å². The first-order chi connectivity index (χ1) is 16.9. The van der Waals surface area contributed by atoms with Gasteiger partial charge in [0, 0.05) is 20.1 Å². The van der Waals surface area contributed by atoms with E-state index in [1.54, 1.807) is 13.2 Å². The van der Waals surface area contributed by atoms with E-state index in [0.717, 1.165) is 48.9 Å². The summed E-state index contributed by atoms with van der Waals surface area (Å²) in [5.74, 6) is -0.574. The predicted octanol–water partition coefficient (Wildman–Crippen LogP) is 3.11. The van der Waals surface area contributed by atoms with Crippen molar-refractivity contribution in [3.63, 3.8) is 0 Å². The average molecular weight is 484 g/mol. The molecule has 190 valence electrons. The lowest BCUT2D eigenvalue weighted by Gasteiger charge is -2.29. The van der Waals surface area contributed by atoms with Crippen LogP contribution in [0.5, 0.6) is 0 Å². The van der Waals surface area contributed by atoms with Crippen LogP contribution in [0.25, 0.3) is 0 Å². The molecule has 0 aromatic heterocycles. The second kappa shape index (κ2) is 11.4. The first-order valence-corrected chi connectivity index (χ1v) is 12.9. The molecular formula is C27H37N3O5. The van der Waals surface area contributed by atoms with E-state index >= 15 is 0 Å². The number of nitrogens with one attached hydrogen (secondary N) is 1. The Morgan fingerprint density at radius 2 is 1.60 bits per heavy atom. The summed E-state index contributed by atoms with van der Waals surface area (Å²) >= 11 is 0. The standard InChI is InChI=1S/C19H21N3O4.C8H16O/c1-21-8-6-11(7-9-21)12-2-3-13-14(10-12)19(26)22(18(13)25)15-4-5-16(23)20-17(15)24;1-9-7-8-5-3-2-4-6-8/h2-3,10-11,15H,4-9H2,1H3,(H,20,23,24);8H,2-7H2,1H3. The third kappa shape index (κ3) is 5.81. The smallest absolute Gasteiger partial charge is 0.262 e. The van der Waals surface area contributed by atoms with E-state index in [1.165, 1.54) is 32.1 Å². The molecule has 1 saturated carbocycles. The summed E-state index contributed by atoms with van der Waals surface area (Å²) in [7, 11) is 3.90. The predicted molar refractivity (Wildman–Crippen MR) is 131 cm³/mol. The number of methoxy groups -OCH3 is 1. The molecule has 1 aromatic rings. The van der Waals surface area contributed by atoms with Gasteiger partial charge < -0.3 is 9.64 Å². The molecule has 0 spiro atoms. The first-order valence-electron chi connectivity index (χ1n) is 12.9. The zero-order valence-electron chi connectivity index (χ0n) is 20.9. The maximum atomic E-state index is 12.9. The SMILES string of the molecule is CN1CCC(c2ccc3c(c2)C(=O)N(C2CCC(=O)NC2=O)C3=O)CC1.COCC1CCCCC1. The van der Waals surface area contributed by atoms with Crippen LogP contribution >= 0.6 is 0 Å².